The van der Waals surface area contributed by atoms with Crippen LogP contribution >= 0.6 is 15.6 Å². The van der Waals surface area contributed by atoms with Crippen molar-refractivity contribution >= 4 is 39.5 Å². The Balaban J connectivity index is 5.16. The molecule has 3 N–H and O–H groups in total. The van der Waals surface area contributed by atoms with Gasteiger partial charge in [0.15, 0.2) is 12.2 Å². The SMILES string of the molecule is CC(C)CCCCCCCCCCCCCCCCCC(=O)OC[C@H](COP(=O)(O)OCC(O)COP(=O)(O)OC[C@@H](COC(=O)CCCCCCCCC(C)C)OC(=O)CCCCCCCCCCCCCCCCCC(C)C)OC(=O)CCCCCCCCCC(C)C. The topological polar surface area (TPSA) is 237 Å². The Kier molecular flexibility index (Phi) is 64.0. The average Bonchev–Trinajstić information content (AvgIpc) is 2.03. The molecule has 0 saturated carbocycles. The number of esters is 4. The Morgan fingerprint density at radius 2 is 0.442 bits per heavy atom. The quantitative estimate of drug-likeness (QED) is 0.0222. The number of carbonyl (C=O) groups is 4. The summed E-state index contributed by atoms with van der Waals surface area (Å²) >= 11 is 0. The highest BCUT2D eigenvalue weighted by Gasteiger charge is 2.30. The number of aliphatic hydroxyl groups excluding tert-OH is 1. The highest BCUT2D eigenvalue weighted by Crippen LogP contribution is 2.45. The maximum absolute atomic E-state index is 13.0. The van der Waals surface area contributed by atoms with Crippen molar-refractivity contribution in [3.05, 3.63) is 0 Å². The third-order valence-electron chi connectivity index (χ3n) is 17.6. The van der Waals surface area contributed by atoms with Crippen LogP contribution in [0.1, 0.15) is 383 Å². The van der Waals surface area contributed by atoms with Gasteiger partial charge < -0.3 is 33.8 Å². The average molecular weight is 1400 g/mol. The summed E-state index contributed by atoms with van der Waals surface area (Å²) in [5.41, 5.74) is 0. The van der Waals surface area contributed by atoms with E-state index in [1.165, 1.54) is 180 Å². The molecule has 0 rings (SSSR count). The molecule has 0 aromatic carbocycles. The van der Waals surface area contributed by atoms with E-state index in [1.807, 2.05) is 0 Å². The number of phosphoric ester groups is 2. The van der Waals surface area contributed by atoms with Crippen molar-refractivity contribution in [2.24, 2.45) is 23.7 Å². The van der Waals surface area contributed by atoms with E-state index in [1.54, 1.807) is 0 Å². The third-order valence-corrected chi connectivity index (χ3v) is 19.5. The van der Waals surface area contributed by atoms with Crippen LogP contribution in [0.2, 0.25) is 0 Å². The monoisotopic (exact) mass is 1400 g/mol. The third kappa shape index (κ3) is 70.3. The molecule has 0 bridgehead atoms. The van der Waals surface area contributed by atoms with Crippen molar-refractivity contribution in [3.8, 4) is 0 Å². The lowest BCUT2D eigenvalue weighted by Crippen LogP contribution is -2.30. The fourth-order valence-electron chi connectivity index (χ4n) is 11.6. The Bertz CT molecular complexity index is 1870. The molecule has 5 atom stereocenters. The van der Waals surface area contributed by atoms with Gasteiger partial charge in [0.25, 0.3) is 0 Å². The van der Waals surface area contributed by atoms with Crippen molar-refractivity contribution in [1.29, 1.82) is 0 Å². The molecule has 0 aliphatic carbocycles. The molecule has 0 spiro atoms. The van der Waals surface area contributed by atoms with Crippen molar-refractivity contribution in [1.82, 2.24) is 0 Å². The highest BCUT2D eigenvalue weighted by atomic mass is 31.2. The number of ether oxygens (including phenoxy) is 4. The zero-order valence-corrected chi connectivity index (χ0v) is 64.1. The van der Waals surface area contributed by atoms with Gasteiger partial charge in [-0.3, -0.25) is 37.3 Å². The second kappa shape index (κ2) is 65.4. The van der Waals surface area contributed by atoms with E-state index in [4.69, 9.17) is 37.0 Å². The number of aliphatic hydroxyl groups is 1. The molecule has 0 amide bonds. The van der Waals surface area contributed by atoms with Gasteiger partial charge in [0, 0.05) is 25.7 Å². The van der Waals surface area contributed by atoms with Gasteiger partial charge in [-0.1, -0.05) is 331 Å². The molecule has 17 nitrogen and oxygen atoms in total. The standard InChI is InChI=1S/C76H148O17P2/c1-66(2)52-44-36-28-23-19-15-11-9-13-17-21-25-31-40-48-56-73(78)86-62-71(93-76(81)59-51-43-33-27-30-38-46-54-68(5)6)64-90-94(82,83)88-60-70(77)61-89-95(84,85)91-65-72(63-87-74(79)57-49-41-35-34-39-47-55-69(7)8)92-75(80)58-50-42-32-26-22-18-14-10-12-16-20-24-29-37-45-53-67(3)4/h66-72,77H,9-65H2,1-8H3,(H,82,83)(H,84,85)/t70?,71-,72-/m1/s1. The summed E-state index contributed by atoms with van der Waals surface area (Å²) in [4.78, 5) is 72.7. The minimum Gasteiger partial charge on any atom is -0.462 e. The number of unbranched alkanes of at least 4 members (excludes halogenated alkanes) is 39. The molecule has 0 aliphatic rings. The first-order valence-corrected chi connectivity index (χ1v) is 42.2. The van der Waals surface area contributed by atoms with Gasteiger partial charge in [0.2, 0.25) is 0 Å². The van der Waals surface area contributed by atoms with Gasteiger partial charge in [-0.05, 0) is 49.4 Å². The molecular weight excluding hydrogens is 1250 g/mol. The van der Waals surface area contributed by atoms with Crippen LogP contribution in [0.4, 0.5) is 0 Å². The van der Waals surface area contributed by atoms with Crippen LogP contribution in [0, 0.1) is 23.7 Å². The summed E-state index contributed by atoms with van der Waals surface area (Å²) in [5, 5.41) is 10.6. The molecule has 0 aliphatic heterocycles. The van der Waals surface area contributed by atoms with Crippen molar-refractivity contribution in [2.45, 2.75) is 401 Å². The first-order valence-electron chi connectivity index (χ1n) is 39.2. The van der Waals surface area contributed by atoms with Crippen LogP contribution in [-0.2, 0) is 65.4 Å². The first-order chi connectivity index (χ1) is 45.6. The Labute approximate surface area is 581 Å². The molecule has 95 heavy (non-hydrogen) atoms. The van der Waals surface area contributed by atoms with Crippen LogP contribution in [0.5, 0.6) is 0 Å². The smallest absolute Gasteiger partial charge is 0.462 e. The molecule has 19 heteroatoms. The van der Waals surface area contributed by atoms with Crippen LogP contribution in [0.15, 0.2) is 0 Å². The van der Waals surface area contributed by atoms with Crippen LogP contribution in [0.25, 0.3) is 0 Å². The number of hydrogen-bond donors (Lipinski definition) is 3. The lowest BCUT2D eigenvalue weighted by atomic mass is 10.0. The lowest BCUT2D eigenvalue weighted by Gasteiger charge is -2.21. The van der Waals surface area contributed by atoms with Crippen molar-refractivity contribution in [3.63, 3.8) is 0 Å². The normalized spacial score (nSPS) is 14.1. The highest BCUT2D eigenvalue weighted by molar-refractivity contribution is 7.47. The van der Waals surface area contributed by atoms with Crippen molar-refractivity contribution in [2.75, 3.05) is 39.6 Å². The number of carbonyl (C=O) groups excluding carboxylic acids is 4. The summed E-state index contributed by atoms with van der Waals surface area (Å²) in [6.07, 6.45) is 50.3. The minimum absolute atomic E-state index is 0.103. The summed E-state index contributed by atoms with van der Waals surface area (Å²) in [5.74, 6) is 0.859. The molecule has 3 unspecified atom stereocenters. The minimum atomic E-state index is -4.96. The van der Waals surface area contributed by atoms with Crippen LogP contribution < -0.4 is 0 Å². The molecule has 0 aromatic rings. The molecule has 564 valence electrons. The Morgan fingerprint density at radius 3 is 0.653 bits per heavy atom. The van der Waals surface area contributed by atoms with E-state index in [9.17, 15) is 43.2 Å². The van der Waals surface area contributed by atoms with Gasteiger partial charge in [0.05, 0.1) is 26.4 Å². The second-order valence-corrected chi connectivity index (χ2v) is 32.2. The predicted molar refractivity (Wildman–Crippen MR) is 386 cm³/mol. The van der Waals surface area contributed by atoms with E-state index in [2.05, 4.69) is 55.4 Å². The van der Waals surface area contributed by atoms with Crippen molar-refractivity contribution < 1.29 is 80.2 Å². The van der Waals surface area contributed by atoms with Crippen LogP contribution in [-0.4, -0.2) is 96.7 Å². The summed E-state index contributed by atoms with van der Waals surface area (Å²) in [6.45, 7) is 14.1. The van der Waals surface area contributed by atoms with Gasteiger partial charge in [0.1, 0.15) is 19.3 Å². The Morgan fingerprint density at radius 1 is 0.263 bits per heavy atom. The fourth-order valence-corrected chi connectivity index (χ4v) is 13.1. The van der Waals surface area contributed by atoms with E-state index in [-0.39, 0.29) is 25.7 Å². The zero-order chi connectivity index (χ0) is 70.3. The van der Waals surface area contributed by atoms with E-state index in [0.717, 1.165) is 108 Å². The first kappa shape index (κ1) is 93.1. The zero-order valence-electron chi connectivity index (χ0n) is 62.3. The predicted octanol–water partition coefficient (Wildman–Crippen LogP) is 22.0. The molecule has 0 aromatic heterocycles. The number of rotatable bonds is 73. The summed E-state index contributed by atoms with van der Waals surface area (Å²) < 4.78 is 68.4. The van der Waals surface area contributed by atoms with Crippen LogP contribution in [0.3, 0.4) is 0 Å². The van der Waals surface area contributed by atoms with E-state index in [0.29, 0.717) is 37.5 Å². The lowest BCUT2D eigenvalue weighted by molar-refractivity contribution is -0.161. The maximum Gasteiger partial charge on any atom is 0.472 e. The van der Waals surface area contributed by atoms with Gasteiger partial charge in [-0.15, -0.1) is 0 Å². The molecular formula is C76H148O17P2. The summed E-state index contributed by atoms with van der Waals surface area (Å²) in [6, 6.07) is 0. The number of phosphoric acid groups is 2. The van der Waals surface area contributed by atoms with E-state index < -0.39 is 97.5 Å². The molecule has 0 heterocycles. The number of hydrogen-bond acceptors (Lipinski definition) is 15. The maximum atomic E-state index is 13.0. The van der Waals surface area contributed by atoms with E-state index >= 15 is 0 Å². The summed E-state index contributed by atoms with van der Waals surface area (Å²) in [7, 11) is -9.91. The molecule has 0 fully saturated rings. The van der Waals surface area contributed by atoms with Gasteiger partial charge in [-0.2, -0.15) is 0 Å². The van der Waals surface area contributed by atoms with Gasteiger partial charge in [-0.25, -0.2) is 9.13 Å². The Hall–Kier alpha value is -1.94. The largest absolute Gasteiger partial charge is 0.472 e. The van der Waals surface area contributed by atoms with Gasteiger partial charge >= 0.3 is 39.5 Å². The molecule has 0 radical (unpaired) electrons. The molecule has 0 saturated heterocycles. The second-order valence-electron chi connectivity index (χ2n) is 29.3. The fraction of sp³-hybridized carbons (Fsp3) is 0.947.